The zero-order valence-corrected chi connectivity index (χ0v) is 10.6. The molecule has 0 atom stereocenters. The minimum Gasteiger partial charge on any atom is -0.481 e. The van der Waals surface area contributed by atoms with Gasteiger partial charge in [-0.25, -0.2) is 0 Å². The Labute approximate surface area is 107 Å². The molecule has 0 radical (unpaired) electrons. The Kier molecular flexibility index (Phi) is 5.42. The van der Waals surface area contributed by atoms with E-state index >= 15 is 0 Å². The Balaban J connectivity index is 2.43. The van der Waals surface area contributed by atoms with E-state index in [1.165, 1.54) is 6.08 Å². The molecule has 0 aliphatic rings. The van der Waals surface area contributed by atoms with Crippen molar-refractivity contribution in [3.63, 3.8) is 0 Å². The van der Waals surface area contributed by atoms with E-state index < -0.39 is 5.97 Å². The molecule has 0 fully saturated rings. The lowest BCUT2D eigenvalue weighted by Crippen LogP contribution is -2.23. The summed E-state index contributed by atoms with van der Waals surface area (Å²) in [6.07, 6.45) is 2.97. The molecule has 0 aromatic heterocycles. The molecule has 0 heterocycles. The van der Waals surface area contributed by atoms with Crippen molar-refractivity contribution < 1.29 is 14.7 Å². The lowest BCUT2D eigenvalue weighted by atomic mass is 10.2. The number of nitrogens with one attached hydrogen (secondary N) is 1. The monoisotopic (exact) mass is 297 g/mol. The maximum atomic E-state index is 11.3. The quantitative estimate of drug-likeness (QED) is 0.818. The second-order valence-corrected chi connectivity index (χ2v) is 4.24. The number of hydrogen-bond acceptors (Lipinski definition) is 2. The van der Waals surface area contributed by atoms with E-state index in [4.69, 9.17) is 5.11 Å². The number of aliphatic carboxylic acids is 1. The van der Waals surface area contributed by atoms with E-state index in [0.29, 0.717) is 0 Å². The Morgan fingerprint density at radius 1 is 1.41 bits per heavy atom. The highest BCUT2D eigenvalue weighted by molar-refractivity contribution is 9.10. The maximum absolute atomic E-state index is 11.3. The van der Waals surface area contributed by atoms with Crippen LogP contribution in [0.15, 0.2) is 34.8 Å². The summed E-state index contributed by atoms with van der Waals surface area (Å²) in [4.78, 5) is 21.5. The average molecular weight is 298 g/mol. The molecule has 0 aliphatic carbocycles. The number of carbonyl (C=O) groups is 2. The third-order valence-electron chi connectivity index (χ3n) is 1.91. The van der Waals surface area contributed by atoms with Crippen LogP contribution in [0.1, 0.15) is 12.0 Å². The number of carboxylic acid groups (broad SMARTS) is 1. The van der Waals surface area contributed by atoms with Gasteiger partial charge in [-0.3, -0.25) is 9.59 Å². The highest BCUT2D eigenvalue weighted by Gasteiger charge is 1.98. The van der Waals surface area contributed by atoms with Crippen LogP contribution in [0.4, 0.5) is 0 Å². The largest absolute Gasteiger partial charge is 0.481 e. The predicted molar refractivity (Wildman–Crippen MR) is 68.4 cm³/mol. The first-order chi connectivity index (χ1) is 8.08. The molecule has 4 nitrogen and oxygen atoms in total. The molecule has 1 aromatic rings. The summed E-state index contributed by atoms with van der Waals surface area (Å²) in [6, 6.07) is 7.50. The number of benzene rings is 1. The van der Waals surface area contributed by atoms with Crippen LogP contribution in [0.3, 0.4) is 0 Å². The number of rotatable bonds is 5. The Morgan fingerprint density at radius 2 is 2.18 bits per heavy atom. The van der Waals surface area contributed by atoms with Gasteiger partial charge >= 0.3 is 5.97 Å². The molecular formula is C12H12BrNO3. The summed E-state index contributed by atoms with van der Waals surface area (Å²) >= 11 is 3.33. The number of halogens is 1. The normalized spacial score (nSPS) is 10.4. The van der Waals surface area contributed by atoms with Crippen molar-refractivity contribution in [2.45, 2.75) is 6.42 Å². The van der Waals surface area contributed by atoms with Gasteiger partial charge in [0.1, 0.15) is 0 Å². The summed E-state index contributed by atoms with van der Waals surface area (Å²) in [5, 5.41) is 10.9. The second-order valence-electron chi connectivity index (χ2n) is 3.32. The molecule has 0 saturated heterocycles. The first-order valence-electron chi connectivity index (χ1n) is 5.01. The Bertz CT molecular complexity index is 443. The molecule has 0 spiro atoms. The fourth-order valence-corrected chi connectivity index (χ4v) is 1.55. The molecule has 1 aromatic carbocycles. The molecule has 0 aliphatic heterocycles. The first kappa shape index (κ1) is 13.4. The van der Waals surface area contributed by atoms with Crippen LogP contribution in [0.25, 0.3) is 6.08 Å². The zero-order chi connectivity index (χ0) is 12.7. The molecule has 1 rings (SSSR count). The molecule has 90 valence electrons. The van der Waals surface area contributed by atoms with Gasteiger partial charge in [0.15, 0.2) is 0 Å². The van der Waals surface area contributed by atoms with Crippen LogP contribution < -0.4 is 5.32 Å². The number of amides is 1. The number of carbonyl (C=O) groups excluding carboxylic acids is 1. The van der Waals surface area contributed by atoms with Crippen molar-refractivity contribution in [3.05, 3.63) is 40.4 Å². The van der Waals surface area contributed by atoms with Crippen molar-refractivity contribution in [1.82, 2.24) is 5.32 Å². The van der Waals surface area contributed by atoms with E-state index in [1.54, 1.807) is 6.08 Å². The molecule has 5 heteroatoms. The summed E-state index contributed by atoms with van der Waals surface area (Å²) in [6.45, 7) is 0.136. The summed E-state index contributed by atoms with van der Waals surface area (Å²) in [7, 11) is 0. The Morgan fingerprint density at radius 3 is 2.82 bits per heavy atom. The fourth-order valence-electron chi connectivity index (χ4n) is 1.13. The lowest BCUT2D eigenvalue weighted by Gasteiger charge is -1.98. The topological polar surface area (TPSA) is 66.4 Å². The standard InChI is InChI=1S/C12H12BrNO3/c13-10-3-1-2-9(8-10)4-5-11(15)14-7-6-12(16)17/h1-5,8H,6-7H2,(H,14,15)(H,16,17). The molecule has 0 unspecified atom stereocenters. The molecule has 2 N–H and O–H groups in total. The van der Waals surface area contributed by atoms with Crippen molar-refractivity contribution in [2.75, 3.05) is 6.54 Å². The van der Waals surface area contributed by atoms with Gasteiger partial charge in [-0.05, 0) is 23.8 Å². The summed E-state index contributed by atoms with van der Waals surface area (Å²) in [5.41, 5.74) is 0.896. The SMILES string of the molecule is O=C(O)CCNC(=O)C=Cc1cccc(Br)c1. The van der Waals surface area contributed by atoms with E-state index in [2.05, 4.69) is 21.2 Å². The fraction of sp³-hybridized carbons (Fsp3) is 0.167. The van der Waals surface area contributed by atoms with Gasteiger partial charge in [-0.1, -0.05) is 28.1 Å². The van der Waals surface area contributed by atoms with E-state index in [9.17, 15) is 9.59 Å². The van der Waals surface area contributed by atoms with Gasteiger partial charge in [0.25, 0.3) is 0 Å². The van der Waals surface area contributed by atoms with Crippen LogP contribution in [0.2, 0.25) is 0 Å². The molecule has 17 heavy (non-hydrogen) atoms. The first-order valence-corrected chi connectivity index (χ1v) is 5.80. The van der Waals surface area contributed by atoms with E-state index in [-0.39, 0.29) is 18.9 Å². The maximum Gasteiger partial charge on any atom is 0.305 e. The van der Waals surface area contributed by atoms with Crippen LogP contribution in [-0.4, -0.2) is 23.5 Å². The van der Waals surface area contributed by atoms with Crippen molar-refractivity contribution in [1.29, 1.82) is 0 Å². The van der Waals surface area contributed by atoms with Crippen LogP contribution in [-0.2, 0) is 9.59 Å². The van der Waals surface area contributed by atoms with Gasteiger partial charge in [-0.15, -0.1) is 0 Å². The molecule has 1 amide bonds. The number of carboxylic acids is 1. The smallest absolute Gasteiger partial charge is 0.305 e. The van der Waals surface area contributed by atoms with Crippen LogP contribution in [0, 0.1) is 0 Å². The van der Waals surface area contributed by atoms with Gasteiger partial charge in [0.2, 0.25) is 5.91 Å². The van der Waals surface area contributed by atoms with Gasteiger partial charge in [0.05, 0.1) is 6.42 Å². The summed E-state index contributed by atoms with van der Waals surface area (Å²) in [5.74, 6) is -1.23. The van der Waals surface area contributed by atoms with E-state index in [1.807, 2.05) is 24.3 Å². The third-order valence-corrected chi connectivity index (χ3v) is 2.41. The Hall–Kier alpha value is -1.62. The minimum atomic E-state index is -0.929. The zero-order valence-electron chi connectivity index (χ0n) is 9.02. The third kappa shape index (κ3) is 5.87. The number of hydrogen-bond donors (Lipinski definition) is 2. The van der Waals surface area contributed by atoms with E-state index in [0.717, 1.165) is 10.0 Å². The average Bonchev–Trinajstić information content (AvgIpc) is 2.26. The highest BCUT2D eigenvalue weighted by Crippen LogP contribution is 2.12. The van der Waals surface area contributed by atoms with Crippen LogP contribution in [0.5, 0.6) is 0 Å². The molecule has 0 bridgehead atoms. The van der Waals surface area contributed by atoms with Crippen molar-refractivity contribution in [2.24, 2.45) is 0 Å². The van der Waals surface area contributed by atoms with Crippen molar-refractivity contribution >= 4 is 33.9 Å². The molecule has 0 saturated carbocycles. The summed E-state index contributed by atoms with van der Waals surface area (Å²) < 4.78 is 0.936. The lowest BCUT2D eigenvalue weighted by molar-refractivity contribution is -0.136. The van der Waals surface area contributed by atoms with Gasteiger partial charge < -0.3 is 10.4 Å². The highest BCUT2D eigenvalue weighted by atomic mass is 79.9. The van der Waals surface area contributed by atoms with Crippen molar-refractivity contribution in [3.8, 4) is 0 Å². The van der Waals surface area contributed by atoms with Crippen LogP contribution >= 0.6 is 15.9 Å². The second kappa shape index (κ2) is 6.85. The van der Waals surface area contributed by atoms with Gasteiger partial charge in [0, 0.05) is 17.1 Å². The minimum absolute atomic E-state index is 0.0730. The molecular weight excluding hydrogens is 286 g/mol. The predicted octanol–water partition coefficient (Wildman–Crippen LogP) is 2.05. The van der Waals surface area contributed by atoms with Gasteiger partial charge in [-0.2, -0.15) is 0 Å².